The zero-order valence-corrected chi connectivity index (χ0v) is 12.6. The van der Waals surface area contributed by atoms with Crippen molar-refractivity contribution in [1.82, 2.24) is 10.3 Å². The van der Waals surface area contributed by atoms with Gasteiger partial charge in [-0.3, -0.25) is 9.78 Å². The van der Waals surface area contributed by atoms with E-state index < -0.39 is 0 Å². The summed E-state index contributed by atoms with van der Waals surface area (Å²) in [6, 6.07) is 7.70. The molecule has 1 aromatic carbocycles. The Labute approximate surface area is 129 Å². The first-order valence-electron chi connectivity index (χ1n) is 7.20. The summed E-state index contributed by atoms with van der Waals surface area (Å²) in [5, 5.41) is 2.96. The second kappa shape index (κ2) is 6.05. The third kappa shape index (κ3) is 2.88. The molecule has 5 nitrogen and oxygen atoms in total. The number of aromatic nitrogens is 1. The Morgan fingerprint density at radius 1 is 1.18 bits per heavy atom. The van der Waals surface area contributed by atoms with E-state index >= 15 is 0 Å². The highest BCUT2D eigenvalue weighted by molar-refractivity contribution is 5.95. The van der Waals surface area contributed by atoms with Crippen LogP contribution in [0.2, 0.25) is 0 Å². The fraction of sp³-hybridized carbons (Fsp3) is 0.294. The predicted molar refractivity (Wildman–Crippen MR) is 83.3 cm³/mol. The molecular weight excluding hydrogens is 280 g/mol. The van der Waals surface area contributed by atoms with Gasteiger partial charge in [0.05, 0.1) is 25.3 Å². The van der Waals surface area contributed by atoms with Crippen LogP contribution in [0.3, 0.4) is 0 Å². The molecule has 3 rings (SSSR count). The number of amides is 1. The maximum atomic E-state index is 12.2. The lowest BCUT2D eigenvalue weighted by Crippen LogP contribution is -2.25. The third-order valence-electron chi connectivity index (χ3n) is 3.63. The van der Waals surface area contributed by atoms with Crippen LogP contribution in [0.15, 0.2) is 36.7 Å². The standard InChI is InChI=1S/C17H18N2O3/c1-21-14-4-3-5-15(22-2)16(14)11-8-12(10-18-9-11)17(20)19-13-6-7-13/h3-5,8-10,13H,6-7H2,1-2H3,(H,19,20). The van der Waals surface area contributed by atoms with E-state index in [0.717, 1.165) is 24.0 Å². The fourth-order valence-electron chi connectivity index (χ4n) is 2.33. The number of carbonyl (C=O) groups is 1. The number of carbonyl (C=O) groups excluding carboxylic acids is 1. The van der Waals surface area contributed by atoms with Gasteiger partial charge in [0.1, 0.15) is 11.5 Å². The molecule has 0 atom stereocenters. The number of nitrogens with zero attached hydrogens (tertiary/aromatic N) is 1. The van der Waals surface area contributed by atoms with Gasteiger partial charge in [0.2, 0.25) is 0 Å². The van der Waals surface area contributed by atoms with Crippen LogP contribution in [0.1, 0.15) is 23.2 Å². The van der Waals surface area contributed by atoms with Crippen molar-refractivity contribution in [2.24, 2.45) is 0 Å². The van der Waals surface area contributed by atoms with Crippen LogP contribution in [0.25, 0.3) is 11.1 Å². The molecule has 1 aromatic heterocycles. The summed E-state index contributed by atoms with van der Waals surface area (Å²) >= 11 is 0. The van der Waals surface area contributed by atoms with Crippen molar-refractivity contribution < 1.29 is 14.3 Å². The Bertz CT molecular complexity index is 674. The zero-order chi connectivity index (χ0) is 15.5. The molecule has 1 amide bonds. The minimum Gasteiger partial charge on any atom is -0.496 e. The second-order valence-electron chi connectivity index (χ2n) is 5.25. The Balaban J connectivity index is 1.99. The van der Waals surface area contributed by atoms with Crippen molar-refractivity contribution in [3.05, 3.63) is 42.2 Å². The Kier molecular flexibility index (Phi) is 3.96. The molecule has 22 heavy (non-hydrogen) atoms. The molecule has 0 bridgehead atoms. The molecule has 5 heteroatoms. The van der Waals surface area contributed by atoms with Gasteiger partial charge in [0.15, 0.2) is 0 Å². The van der Waals surface area contributed by atoms with Crippen molar-refractivity contribution in [3.63, 3.8) is 0 Å². The van der Waals surface area contributed by atoms with Gasteiger partial charge in [-0.25, -0.2) is 0 Å². The summed E-state index contributed by atoms with van der Waals surface area (Å²) in [5.41, 5.74) is 2.12. The van der Waals surface area contributed by atoms with E-state index in [1.54, 1.807) is 26.6 Å². The van der Waals surface area contributed by atoms with E-state index in [2.05, 4.69) is 10.3 Å². The highest BCUT2D eigenvalue weighted by Gasteiger charge is 2.24. The summed E-state index contributed by atoms with van der Waals surface area (Å²) < 4.78 is 10.8. The van der Waals surface area contributed by atoms with Crippen molar-refractivity contribution in [2.45, 2.75) is 18.9 Å². The second-order valence-corrected chi connectivity index (χ2v) is 5.25. The lowest BCUT2D eigenvalue weighted by Gasteiger charge is -2.13. The average molecular weight is 298 g/mol. The molecule has 1 N–H and O–H groups in total. The van der Waals surface area contributed by atoms with E-state index in [1.807, 2.05) is 24.3 Å². The molecule has 2 aromatic rings. The highest BCUT2D eigenvalue weighted by atomic mass is 16.5. The average Bonchev–Trinajstić information content (AvgIpc) is 3.38. The van der Waals surface area contributed by atoms with Gasteiger partial charge in [0.25, 0.3) is 5.91 Å². The first-order valence-corrected chi connectivity index (χ1v) is 7.20. The molecular formula is C17H18N2O3. The lowest BCUT2D eigenvalue weighted by atomic mass is 10.0. The Morgan fingerprint density at radius 3 is 2.45 bits per heavy atom. The van der Waals surface area contributed by atoms with Gasteiger partial charge in [-0.15, -0.1) is 0 Å². The van der Waals surface area contributed by atoms with Crippen LogP contribution >= 0.6 is 0 Å². The molecule has 1 aliphatic carbocycles. The van der Waals surface area contributed by atoms with E-state index in [-0.39, 0.29) is 5.91 Å². The van der Waals surface area contributed by atoms with E-state index in [4.69, 9.17) is 9.47 Å². The summed E-state index contributed by atoms with van der Waals surface area (Å²) in [7, 11) is 3.21. The molecule has 0 radical (unpaired) electrons. The van der Waals surface area contributed by atoms with E-state index in [0.29, 0.717) is 23.1 Å². The van der Waals surface area contributed by atoms with E-state index in [9.17, 15) is 4.79 Å². The predicted octanol–water partition coefficient (Wildman–Crippen LogP) is 2.66. The minimum absolute atomic E-state index is 0.0919. The van der Waals surface area contributed by atoms with Gasteiger partial charge < -0.3 is 14.8 Å². The molecule has 1 saturated carbocycles. The van der Waals surface area contributed by atoms with Crippen LogP contribution in [0.5, 0.6) is 11.5 Å². The smallest absolute Gasteiger partial charge is 0.253 e. The molecule has 1 heterocycles. The topological polar surface area (TPSA) is 60.5 Å². The largest absolute Gasteiger partial charge is 0.496 e. The van der Waals surface area contributed by atoms with Crippen LogP contribution < -0.4 is 14.8 Å². The van der Waals surface area contributed by atoms with Gasteiger partial charge in [-0.05, 0) is 31.0 Å². The first-order chi connectivity index (χ1) is 10.7. The van der Waals surface area contributed by atoms with Crippen molar-refractivity contribution >= 4 is 5.91 Å². The van der Waals surface area contributed by atoms with Gasteiger partial charge in [-0.2, -0.15) is 0 Å². The maximum Gasteiger partial charge on any atom is 0.253 e. The summed E-state index contributed by atoms with van der Waals surface area (Å²) in [6.45, 7) is 0. The fourth-order valence-corrected chi connectivity index (χ4v) is 2.33. The Morgan fingerprint density at radius 2 is 1.86 bits per heavy atom. The number of benzene rings is 1. The molecule has 1 aliphatic rings. The number of hydrogen-bond donors (Lipinski definition) is 1. The monoisotopic (exact) mass is 298 g/mol. The highest BCUT2D eigenvalue weighted by Crippen LogP contribution is 2.38. The Hall–Kier alpha value is -2.56. The van der Waals surface area contributed by atoms with Gasteiger partial charge >= 0.3 is 0 Å². The summed E-state index contributed by atoms with van der Waals surface area (Å²) in [5.74, 6) is 1.27. The molecule has 0 aliphatic heterocycles. The molecule has 114 valence electrons. The van der Waals surface area contributed by atoms with Crippen LogP contribution in [-0.4, -0.2) is 31.2 Å². The van der Waals surface area contributed by atoms with Crippen LogP contribution in [-0.2, 0) is 0 Å². The summed E-state index contributed by atoms with van der Waals surface area (Å²) in [6.07, 6.45) is 5.38. The lowest BCUT2D eigenvalue weighted by molar-refractivity contribution is 0.0950. The number of pyridine rings is 1. The first kappa shape index (κ1) is 14.4. The van der Waals surface area contributed by atoms with Gasteiger partial charge in [0, 0.05) is 24.0 Å². The quantitative estimate of drug-likeness (QED) is 0.922. The minimum atomic E-state index is -0.0919. The van der Waals surface area contributed by atoms with Crippen LogP contribution in [0, 0.1) is 0 Å². The number of rotatable bonds is 5. The SMILES string of the molecule is COc1cccc(OC)c1-c1cncc(C(=O)NC2CC2)c1. The molecule has 1 fully saturated rings. The molecule has 0 spiro atoms. The number of nitrogens with one attached hydrogen (secondary N) is 1. The number of ether oxygens (including phenoxy) is 2. The van der Waals surface area contributed by atoms with E-state index in [1.165, 1.54) is 0 Å². The molecule has 0 saturated heterocycles. The number of methoxy groups -OCH3 is 2. The van der Waals surface area contributed by atoms with Crippen molar-refractivity contribution in [3.8, 4) is 22.6 Å². The zero-order valence-electron chi connectivity index (χ0n) is 12.6. The normalized spacial score (nSPS) is 13.5. The maximum absolute atomic E-state index is 12.2. The van der Waals surface area contributed by atoms with Crippen molar-refractivity contribution in [2.75, 3.05) is 14.2 Å². The molecule has 0 unspecified atom stereocenters. The number of hydrogen-bond acceptors (Lipinski definition) is 4. The third-order valence-corrected chi connectivity index (χ3v) is 3.63. The van der Waals surface area contributed by atoms with Gasteiger partial charge in [-0.1, -0.05) is 6.07 Å². The van der Waals surface area contributed by atoms with Crippen molar-refractivity contribution in [1.29, 1.82) is 0 Å². The summed E-state index contributed by atoms with van der Waals surface area (Å²) in [4.78, 5) is 16.4. The van der Waals surface area contributed by atoms with Crippen LogP contribution in [0.4, 0.5) is 0 Å².